The molecule has 1 rings (SSSR count). The van der Waals surface area contributed by atoms with Crippen LogP contribution in [0.1, 0.15) is 12.5 Å². The lowest BCUT2D eigenvalue weighted by molar-refractivity contribution is -0.114. The molecule has 0 aliphatic carbocycles. The van der Waals surface area contributed by atoms with Crippen LogP contribution < -0.4 is 15.2 Å². The van der Waals surface area contributed by atoms with Gasteiger partial charge in [-0.05, 0) is 30.7 Å². The number of carbonyl (C=O) groups excluding carboxylic acids is 1. The molecule has 0 fully saturated rings. The molecule has 2 N–H and O–H groups in total. The van der Waals surface area contributed by atoms with Gasteiger partial charge in [-0.1, -0.05) is 15.9 Å². The van der Waals surface area contributed by atoms with Gasteiger partial charge in [-0.2, -0.15) is 5.26 Å². The van der Waals surface area contributed by atoms with Crippen LogP contribution in [0.15, 0.2) is 22.2 Å². The van der Waals surface area contributed by atoms with Crippen molar-refractivity contribution in [1.29, 1.82) is 5.26 Å². The van der Waals surface area contributed by atoms with Gasteiger partial charge in [-0.25, -0.2) is 0 Å². The molecule has 0 radical (unpaired) electrons. The van der Waals surface area contributed by atoms with E-state index >= 15 is 0 Å². The van der Waals surface area contributed by atoms with Gasteiger partial charge < -0.3 is 15.2 Å². The van der Waals surface area contributed by atoms with Gasteiger partial charge in [0, 0.05) is 4.47 Å². The summed E-state index contributed by atoms with van der Waals surface area (Å²) in [7, 11) is 1.51. The molecule has 0 aromatic heterocycles. The Morgan fingerprint density at radius 1 is 1.53 bits per heavy atom. The van der Waals surface area contributed by atoms with Crippen molar-refractivity contribution in [1.82, 2.24) is 0 Å². The molecule has 0 heterocycles. The molecule has 5 nitrogen and oxygen atoms in total. The molecule has 0 unspecified atom stereocenters. The highest BCUT2D eigenvalue weighted by atomic mass is 79.9. The zero-order chi connectivity index (χ0) is 14.4. The van der Waals surface area contributed by atoms with E-state index in [1.54, 1.807) is 18.2 Å². The van der Waals surface area contributed by atoms with E-state index < -0.39 is 5.91 Å². The van der Waals surface area contributed by atoms with Gasteiger partial charge in [0.25, 0.3) is 5.91 Å². The SMILES string of the molecule is CCOc1cc(Br)c(/C=C(\C#N)C(N)=O)cc1OC. The first kappa shape index (κ1) is 15.1. The molecule has 0 saturated heterocycles. The normalized spacial score (nSPS) is 10.7. The van der Waals surface area contributed by atoms with E-state index in [-0.39, 0.29) is 5.57 Å². The van der Waals surface area contributed by atoms with Gasteiger partial charge in [-0.3, -0.25) is 4.79 Å². The summed E-state index contributed by atoms with van der Waals surface area (Å²) < 4.78 is 11.3. The molecule has 0 spiro atoms. The van der Waals surface area contributed by atoms with E-state index in [4.69, 9.17) is 20.5 Å². The van der Waals surface area contributed by atoms with Gasteiger partial charge in [0.1, 0.15) is 11.6 Å². The average molecular weight is 325 g/mol. The summed E-state index contributed by atoms with van der Waals surface area (Å²) in [4.78, 5) is 11.0. The Bertz CT molecular complexity index is 562. The van der Waals surface area contributed by atoms with Crippen LogP contribution in [0.4, 0.5) is 0 Å². The zero-order valence-electron chi connectivity index (χ0n) is 10.6. The highest BCUT2D eigenvalue weighted by molar-refractivity contribution is 9.10. The van der Waals surface area contributed by atoms with Crippen molar-refractivity contribution in [3.8, 4) is 17.6 Å². The number of rotatable bonds is 5. The van der Waals surface area contributed by atoms with Crippen LogP contribution in [0.2, 0.25) is 0 Å². The summed E-state index contributed by atoms with van der Waals surface area (Å²) >= 11 is 3.35. The van der Waals surface area contributed by atoms with Crippen molar-refractivity contribution >= 4 is 27.9 Å². The van der Waals surface area contributed by atoms with E-state index in [0.717, 1.165) is 0 Å². The summed E-state index contributed by atoms with van der Waals surface area (Å²) in [5.74, 6) is 0.312. The number of methoxy groups -OCH3 is 1. The van der Waals surface area contributed by atoms with E-state index in [1.807, 2.05) is 6.92 Å². The first-order valence-electron chi connectivity index (χ1n) is 5.45. The van der Waals surface area contributed by atoms with Crippen LogP contribution in [0, 0.1) is 11.3 Å². The number of amides is 1. The Morgan fingerprint density at radius 3 is 2.68 bits per heavy atom. The third kappa shape index (κ3) is 3.73. The number of halogens is 1. The Balaban J connectivity index is 3.31. The maximum absolute atomic E-state index is 11.0. The monoisotopic (exact) mass is 324 g/mol. The highest BCUT2D eigenvalue weighted by Crippen LogP contribution is 2.34. The third-order valence-corrected chi connectivity index (χ3v) is 2.96. The number of ether oxygens (including phenoxy) is 2. The molecular weight excluding hydrogens is 312 g/mol. The second-order valence-electron chi connectivity index (χ2n) is 3.49. The zero-order valence-corrected chi connectivity index (χ0v) is 12.2. The van der Waals surface area contributed by atoms with Gasteiger partial charge >= 0.3 is 0 Å². The highest BCUT2D eigenvalue weighted by Gasteiger charge is 2.11. The molecule has 0 aliphatic heterocycles. The molecule has 1 aromatic carbocycles. The van der Waals surface area contributed by atoms with Crippen molar-refractivity contribution in [2.45, 2.75) is 6.92 Å². The molecular formula is C13H13BrN2O3. The summed E-state index contributed by atoms with van der Waals surface area (Å²) in [6.45, 7) is 2.37. The standard InChI is InChI=1S/C13H13BrN2O3/c1-3-19-12-6-10(14)8(5-11(12)18-2)4-9(7-15)13(16)17/h4-6H,3H2,1-2H3,(H2,16,17)/b9-4+. The van der Waals surface area contributed by atoms with Crippen LogP contribution in [0.5, 0.6) is 11.5 Å². The number of hydrogen-bond acceptors (Lipinski definition) is 4. The van der Waals surface area contributed by atoms with Crippen molar-refractivity contribution in [3.05, 3.63) is 27.7 Å². The van der Waals surface area contributed by atoms with Gasteiger partial charge in [-0.15, -0.1) is 0 Å². The predicted octanol–water partition coefficient (Wildman–Crippen LogP) is 2.25. The molecule has 1 aromatic rings. The molecule has 100 valence electrons. The Hall–Kier alpha value is -2.00. The van der Waals surface area contributed by atoms with E-state index in [9.17, 15) is 4.79 Å². The summed E-state index contributed by atoms with van der Waals surface area (Å²) in [5.41, 5.74) is 5.57. The van der Waals surface area contributed by atoms with E-state index in [1.165, 1.54) is 13.2 Å². The van der Waals surface area contributed by atoms with Crippen molar-refractivity contribution in [2.75, 3.05) is 13.7 Å². The number of primary amides is 1. The summed E-state index contributed by atoms with van der Waals surface area (Å²) in [5, 5.41) is 8.82. The number of hydrogen-bond donors (Lipinski definition) is 1. The predicted molar refractivity (Wildman–Crippen MR) is 74.6 cm³/mol. The van der Waals surface area contributed by atoms with Gasteiger partial charge in [0.05, 0.1) is 13.7 Å². The second-order valence-corrected chi connectivity index (χ2v) is 4.35. The quantitative estimate of drug-likeness (QED) is 0.664. The first-order chi connectivity index (χ1) is 9.03. The van der Waals surface area contributed by atoms with Gasteiger partial charge in [0.15, 0.2) is 11.5 Å². The molecule has 0 atom stereocenters. The topological polar surface area (TPSA) is 85.3 Å². The largest absolute Gasteiger partial charge is 0.493 e. The fourth-order valence-corrected chi connectivity index (χ4v) is 1.84. The summed E-state index contributed by atoms with van der Waals surface area (Å²) in [6, 6.07) is 5.12. The Morgan fingerprint density at radius 2 is 2.21 bits per heavy atom. The van der Waals surface area contributed by atoms with Crippen LogP contribution in [0.25, 0.3) is 6.08 Å². The Labute approximate surface area is 119 Å². The number of nitriles is 1. The second kappa shape index (κ2) is 6.81. The Kier molecular flexibility index (Phi) is 5.39. The minimum Gasteiger partial charge on any atom is -0.493 e. The van der Waals surface area contributed by atoms with Crippen molar-refractivity contribution in [2.24, 2.45) is 5.73 Å². The molecule has 0 aliphatic rings. The fourth-order valence-electron chi connectivity index (χ4n) is 1.40. The number of benzene rings is 1. The number of nitrogens with two attached hydrogens (primary N) is 1. The maximum atomic E-state index is 11.0. The lowest BCUT2D eigenvalue weighted by Gasteiger charge is -2.11. The molecule has 0 saturated carbocycles. The minimum absolute atomic E-state index is 0.132. The first-order valence-corrected chi connectivity index (χ1v) is 6.24. The summed E-state index contributed by atoms with van der Waals surface area (Å²) in [6.07, 6.45) is 1.39. The van der Waals surface area contributed by atoms with Gasteiger partial charge in [0.2, 0.25) is 0 Å². The molecule has 0 bridgehead atoms. The average Bonchev–Trinajstić information content (AvgIpc) is 2.37. The molecule has 19 heavy (non-hydrogen) atoms. The minimum atomic E-state index is -0.776. The maximum Gasteiger partial charge on any atom is 0.259 e. The number of carbonyl (C=O) groups is 1. The third-order valence-electron chi connectivity index (χ3n) is 2.27. The van der Waals surface area contributed by atoms with Crippen LogP contribution >= 0.6 is 15.9 Å². The van der Waals surface area contributed by atoms with Crippen molar-refractivity contribution in [3.63, 3.8) is 0 Å². The number of nitrogens with zero attached hydrogens (tertiary/aromatic N) is 1. The molecule has 6 heteroatoms. The van der Waals surface area contributed by atoms with E-state index in [2.05, 4.69) is 15.9 Å². The van der Waals surface area contributed by atoms with Crippen LogP contribution in [-0.4, -0.2) is 19.6 Å². The van der Waals surface area contributed by atoms with Crippen molar-refractivity contribution < 1.29 is 14.3 Å². The lowest BCUT2D eigenvalue weighted by atomic mass is 10.1. The fraction of sp³-hybridized carbons (Fsp3) is 0.231. The smallest absolute Gasteiger partial charge is 0.259 e. The van der Waals surface area contributed by atoms with E-state index in [0.29, 0.717) is 28.1 Å². The molecule has 1 amide bonds. The van der Waals surface area contributed by atoms with Crippen LogP contribution in [0.3, 0.4) is 0 Å². The lowest BCUT2D eigenvalue weighted by Crippen LogP contribution is -2.12. The van der Waals surface area contributed by atoms with Crippen LogP contribution in [-0.2, 0) is 4.79 Å².